The Balaban J connectivity index is 2.64. The van der Waals surface area contributed by atoms with Gasteiger partial charge in [0.25, 0.3) is 6.43 Å². The summed E-state index contributed by atoms with van der Waals surface area (Å²) in [4.78, 5) is 8.29. The summed E-state index contributed by atoms with van der Waals surface area (Å²) in [5, 5.41) is 0. The maximum atomic E-state index is 12.4. The highest BCUT2D eigenvalue weighted by atomic mass is 35.5. The third kappa shape index (κ3) is 1.87. The zero-order chi connectivity index (χ0) is 11.7. The van der Waals surface area contributed by atoms with Crippen molar-refractivity contribution in [3.8, 4) is 0 Å². The van der Waals surface area contributed by atoms with Crippen LogP contribution >= 0.6 is 11.6 Å². The van der Waals surface area contributed by atoms with Gasteiger partial charge >= 0.3 is 0 Å². The van der Waals surface area contributed by atoms with Gasteiger partial charge in [-0.2, -0.15) is 0 Å². The number of halogens is 3. The van der Waals surface area contributed by atoms with E-state index in [0.717, 1.165) is 5.56 Å². The Morgan fingerprint density at radius 3 is 2.88 bits per heavy atom. The van der Waals surface area contributed by atoms with Gasteiger partial charge in [-0.15, -0.1) is 11.6 Å². The van der Waals surface area contributed by atoms with Crippen molar-refractivity contribution in [2.45, 2.75) is 25.8 Å². The third-order valence-electron chi connectivity index (χ3n) is 2.35. The van der Waals surface area contributed by atoms with E-state index in [9.17, 15) is 8.78 Å². The van der Waals surface area contributed by atoms with Gasteiger partial charge in [0.05, 0.1) is 12.4 Å². The average Bonchev–Trinajstić information content (AvgIpc) is 2.58. The van der Waals surface area contributed by atoms with E-state index in [1.54, 1.807) is 12.3 Å². The zero-order valence-electron chi connectivity index (χ0n) is 8.62. The van der Waals surface area contributed by atoms with Crippen LogP contribution in [0.15, 0.2) is 12.3 Å². The number of fused-ring (bicyclic) bond motifs is 1. The molecule has 0 aromatic carbocycles. The number of hydrogen-bond acceptors (Lipinski definition) is 2. The molecule has 0 aliphatic carbocycles. The molecule has 2 aromatic heterocycles. The molecule has 0 radical (unpaired) electrons. The highest BCUT2D eigenvalue weighted by Gasteiger charge is 2.15. The van der Waals surface area contributed by atoms with Crippen molar-refractivity contribution in [2.75, 3.05) is 0 Å². The Labute approximate surface area is 96.1 Å². The standard InChI is InChI=1S/C10H10ClF2N3/c1-6-2-3-14-10-9(6)15-8(4-11)16(10)5-7(12)13/h2-3,7H,4-5H2,1H3. The molecule has 2 rings (SSSR count). The summed E-state index contributed by atoms with van der Waals surface area (Å²) in [6.45, 7) is 1.44. The largest absolute Gasteiger partial charge is 0.306 e. The van der Waals surface area contributed by atoms with Crippen LogP contribution in [0.25, 0.3) is 11.2 Å². The lowest BCUT2D eigenvalue weighted by Crippen LogP contribution is -2.09. The fraction of sp³-hybridized carbons (Fsp3) is 0.400. The van der Waals surface area contributed by atoms with Gasteiger partial charge in [0.2, 0.25) is 0 Å². The summed E-state index contributed by atoms with van der Waals surface area (Å²) in [5.74, 6) is 0.529. The molecule has 0 saturated carbocycles. The number of aryl methyl sites for hydroxylation is 1. The Morgan fingerprint density at radius 1 is 1.50 bits per heavy atom. The molecule has 0 N–H and O–H groups in total. The van der Waals surface area contributed by atoms with Crippen molar-refractivity contribution < 1.29 is 8.78 Å². The minimum absolute atomic E-state index is 0.0997. The SMILES string of the molecule is Cc1ccnc2c1nc(CCl)n2CC(F)F. The fourth-order valence-electron chi connectivity index (χ4n) is 1.62. The van der Waals surface area contributed by atoms with Gasteiger partial charge in [0, 0.05) is 6.20 Å². The monoisotopic (exact) mass is 245 g/mol. The second-order valence-electron chi connectivity index (χ2n) is 3.46. The number of nitrogens with zero attached hydrogens (tertiary/aromatic N) is 3. The Bertz CT molecular complexity index is 510. The normalized spacial score (nSPS) is 11.6. The van der Waals surface area contributed by atoms with Crippen LogP contribution in [0, 0.1) is 6.92 Å². The van der Waals surface area contributed by atoms with Gasteiger partial charge < -0.3 is 4.57 Å². The highest BCUT2D eigenvalue weighted by Crippen LogP contribution is 2.19. The lowest BCUT2D eigenvalue weighted by molar-refractivity contribution is 0.127. The summed E-state index contributed by atoms with van der Waals surface area (Å²) >= 11 is 5.68. The van der Waals surface area contributed by atoms with E-state index < -0.39 is 13.0 Å². The molecule has 2 heterocycles. The van der Waals surface area contributed by atoms with Crippen LogP contribution in [0.1, 0.15) is 11.4 Å². The second-order valence-corrected chi connectivity index (χ2v) is 3.73. The second kappa shape index (κ2) is 4.33. The summed E-state index contributed by atoms with van der Waals surface area (Å²) in [7, 11) is 0. The number of pyridine rings is 1. The molecule has 0 atom stereocenters. The van der Waals surface area contributed by atoms with Gasteiger partial charge in [-0.1, -0.05) is 0 Å². The van der Waals surface area contributed by atoms with E-state index in [0.29, 0.717) is 17.0 Å². The molecule has 0 bridgehead atoms. The molecule has 0 aliphatic rings. The lowest BCUT2D eigenvalue weighted by Gasteiger charge is -2.05. The van der Waals surface area contributed by atoms with Crippen molar-refractivity contribution in [1.82, 2.24) is 14.5 Å². The van der Waals surface area contributed by atoms with Crippen LogP contribution in [0.4, 0.5) is 8.78 Å². The predicted octanol–water partition coefficient (Wildman–Crippen LogP) is 2.74. The van der Waals surface area contributed by atoms with E-state index in [1.165, 1.54) is 4.57 Å². The van der Waals surface area contributed by atoms with Crippen molar-refractivity contribution in [3.05, 3.63) is 23.7 Å². The van der Waals surface area contributed by atoms with Crippen molar-refractivity contribution in [1.29, 1.82) is 0 Å². The molecule has 0 fully saturated rings. The van der Waals surface area contributed by atoms with Gasteiger partial charge in [0.15, 0.2) is 5.65 Å². The zero-order valence-corrected chi connectivity index (χ0v) is 9.38. The molecule has 16 heavy (non-hydrogen) atoms. The molecule has 0 unspecified atom stereocenters. The number of imidazole rings is 1. The summed E-state index contributed by atoms with van der Waals surface area (Å²) in [6, 6.07) is 1.79. The third-order valence-corrected chi connectivity index (χ3v) is 2.59. The molecule has 3 nitrogen and oxygen atoms in total. The molecule has 0 aliphatic heterocycles. The number of alkyl halides is 3. The summed E-state index contributed by atoms with van der Waals surface area (Å²) in [6.07, 6.45) is -0.860. The predicted molar refractivity (Wildman–Crippen MR) is 57.8 cm³/mol. The van der Waals surface area contributed by atoms with Gasteiger partial charge in [-0.25, -0.2) is 18.7 Å². The Morgan fingerprint density at radius 2 is 2.25 bits per heavy atom. The average molecular weight is 246 g/mol. The quantitative estimate of drug-likeness (QED) is 0.779. The first-order valence-electron chi connectivity index (χ1n) is 4.78. The first-order valence-corrected chi connectivity index (χ1v) is 5.31. The first kappa shape index (κ1) is 11.3. The molecule has 0 saturated heterocycles. The maximum absolute atomic E-state index is 12.4. The van der Waals surface area contributed by atoms with E-state index in [-0.39, 0.29) is 5.88 Å². The Hall–Kier alpha value is -1.23. The maximum Gasteiger partial charge on any atom is 0.256 e. The molecular formula is C10H10ClF2N3. The molecular weight excluding hydrogens is 236 g/mol. The van der Waals surface area contributed by atoms with Crippen molar-refractivity contribution >= 4 is 22.8 Å². The van der Waals surface area contributed by atoms with Crippen LogP contribution in [-0.2, 0) is 12.4 Å². The number of rotatable bonds is 3. The molecule has 0 spiro atoms. The van der Waals surface area contributed by atoms with Crippen LogP contribution in [-0.4, -0.2) is 21.0 Å². The molecule has 86 valence electrons. The number of hydrogen-bond donors (Lipinski definition) is 0. The minimum atomic E-state index is -2.44. The van der Waals surface area contributed by atoms with Gasteiger partial charge in [-0.05, 0) is 18.6 Å². The van der Waals surface area contributed by atoms with E-state index in [4.69, 9.17) is 11.6 Å². The summed E-state index contributed by atoms with van der Waals surface area (Å²) in [5.41, 5.74) is 2.01. The van der Waals surface area contributed by atoms with Crippen LogP contribution in [0.2, 0.25) is 0 Å². The minimum Gasteiger partial charge on any atom is -0.306 e. The van der Waals surface area contributed by atoms with E-state index in [2.05, 4.69) is 9.97 Å². The van der Waals surface area contributed by atoms with E-state index in [1.807, 2.05) is 6.92 Å². The fourth-order valence-corrected chi connectivity index (χ4v) is 1.82. The topological polar surface area (TPSA) is 30.7 Å². The molecule has 6 heteroatoms. The van der Waals surface area contributed by atoms with E-state index >= 15 is 0 Å². The van der Waals surface area contributed by atoms with Crippen molar-refractivity contribution in [2.24, 2.45) is 0 Å². The van der Waals surface area contributed by atoms with Crippen LogP contribution in [0.3, 0.4) is 0 Å². The highest BCUT2D eigenvalue weighted by molar-refractivity contribution is 6.16. The van der Waals surface area contributed by atoms with Gasteiger partial charge in [0.1, 0.15) is 11.3 Å². The Kier molecular flexibility index (Phi) is 3.05. The van der Waals surface area contributed by atoms with Crippen LogP contribution < -0.4 is 0 Å². The molecule has 2 aromatic rings. The molecule has 0 amide bonds. The van der Waals surface area contributed by atoms with Crippen molar-refractivity contribution in [3.63, 3.8) is 0 Å². The first-order chi connectivity index (χ1) is 7.63. The summed E-state index contributed by atoms with van der Waals surface area (Å²) < 4.78 is 26.2. The van der Waals surface area contributed by atoms with Crippen LogP contribution in [0.5, 0.6) is 0 Å². The number of aromatic nitrogens is 3. The lowest BCUT2D eigenvalue weighted by atomic mass is 10.3. The smallest absolute Gasteiger partial charge is 0.256 e. The van der Waals surface area contributed by atoms with Gasteiger partial charge in [-0.3, -0.25) is 0 Å².